The van der Waals surface area contributed by atoms with Crippen molar-refractivity contribution in [2.24, 2.45) is 10.7 Å². The number of aromatic nitrogens is 1. The lowest BCUT2D eigenvalue weighted by Crippen LogP contribution is -2.36. The maximum atomic E-state index is 14.9. The predicted molar refractivity (Wildman–Crippen MR) is 122 cm³/mol. The Morgan fingerprint density at radius 1 is 1.32 bits per heavy atom. The van der Waals surface area contributed by atoms with Crippen LogP contribution in [0.1, 0.15) is 54.7 Å². The molecule has 1 aromatic carbocycles. The summed E-state index contributed by atoms with van der Waals surface area (Å²) >= 11 is 1.45. The molecule has 0 spiro atoms. The number of nitrogens with two attached hydrogens (primary N) is 1. The lowest BCUT2D eigenvalue weighted by molar-refractivity contribution is 0.102. The SMILES string of the molecule is CC.N#Cc1ccc(C(=O)Nc2ccc(F)c(C34CCCC=C3CSC(N)=N4)c2)nc1. The molecule has 8 heteroatoms. The van der Waals surface area contributed by atoms with E-state index in [9.17, 15) is 9.18 Å². The molecule has 0 saturated heterocycles. The molecule has 0 bridgehead atoms. The van der Waals surface area contributed by atoms with Gasteiger partial charge in [0.2, 0.25) is 0 Å². The average molecular weight is 438 g/mol. The van der Waals surface area contributed by atoms with Gasteiger partial charge in [0.25, 0.3) is 5.91 Å². The van der Waals surface area contributed by atoms with Crippen LogP contribution >= 0.6 is 11.8 Å². The number of anilines is 1. The Hall–Kier alpha value is -3.18. The Labute approximate surface area is 185 Å². The highest BCUT2D eigenvalue weighted by Gasteiger charge is 2.42. The van der Waals surface area contributed by atoms with Gasteiger partial charge >= 0.3 is 0 Å². The number of hydrogen-bond donors (Lipinski definition) is 2. The summed E-state index contributed by atoms with van der Waals surface area (Å²) in [6.45, 7) is 4.00. The molecule has 1 aliphatic carbocycles. The van der Waals surface area contributed by atoms with E-state index in [1.807, 2.05) is 19.9 Å². The second-order valence-corrected chi connectivity index (χ2v) is 7.91. The van der Waals surface area contributed by atoms with Gasteiger partial charge in [0, 0.05) is 23.2 Å². The second-order valence-electron chi connectivity index (χ2n) is 6.91. The third-order valence-corrected chi connectivity index (χ3v) is 5.98. The first-order valence-corrected chi connectivity index (χ1v) is 11.2. The summed E-state index contributed by atoms with van der Waals surface area (Å²) in [7, 11) is 0. The molecule has 2 aliphatic rings. The number of amidine groups is 1. The number of carbonyl (C=O) groups is 1. The first-order chi connectivity index (χ1) is 15.0. The zero-order valence-corrected chi connectivity index (χ0v) is 18.3. The topological polar surface area (TPSA) is 104 Å². The number of aliphatic imine (C=N–C) groups is 1. The number of amides is 1. The molecule has 1 aliphatic heterocycles. The van der Waals surface area contributed by atoms with Gasteiger partial charge in [-0.1, -0.05) is 31.7 Å². The van der Waals surface area contributed by atoms with Gasteiger partial charge in [0.1, 0.15) is 23.1 Å². The number of thioether (sulfide) groups is 1. The average Bonchev–Trinajstić information content (AvgIpc) is 2.81. The van der Waals surface area contributed by atoms with Crippen molar-refractivity contribution in [3.05, 3.63) is 70.8 Å². The number of benzene rings is 1. The fraction of sp³-hybridized carbons (Fsp3) is 0.304. The van der Waals surface area contributed by atoms with Crippen molar-refractivity contribution < 1.29 is 9.18 Å². The van der Waals surface area contributed by atoms with Gasteiger partial charge in [0.15, 0.2) is 5.17 Å². The number of nitriles is 1. The third kappa shape index (κ3) is 4.62. The molecule has 4 rings (SSSR count). The summed E-state index contributed by atoms with van der Waals surface area (Å²) < 4.78 is 14.9. The van der Waals surface area contributed by atoms with Gasteiger partial charge in [-0.2, -0.15) is 5.26 Å². The minimum atomic E-state index is -0.814. The molecule has 0 radical (unpaired) electrons. The van der Waals surface area contributed by atoms with Crippen LogP contribution in [-0.2, 0) is 5.54 Å². The Morgan fingerprint density at radius 3 is 2.84 bits per heavy atom. The third-order valence-electron chi connectivity index (χ3n) is 5.14. The normalized spacial score (nSPS) is 19.5. The highest BCUT2D eigenvalue weighted by Crippen LogP contribution is 2.47. The first-order valence-electron chi connectivity index (χ1n) is 10.2. The summed E-state index contributed by atoms with van der Waals surface area (Å²) in [5.74, 6) is -0.137. The van der Waals surface area contributed by atoms with Gasteiger partial charge in [0.05, 0.1) is 5.56 Å². The van der Waals surface area contributed by atoms with E-state index in [-0.39, 0.29) is 11.5 Å². The molecule has 2 aromatic rings. The van der Waals surface area contributed by atoms with Crippen molar-refractivity contribution in [2.75, 3.05) is 11.1 Å². The number of halogens is 1. The Bertz CT molecular complexity index is 1070. The predicted octanol–water partition coefficient (Wildman–Crippen LogP) is 4.74. The number of rotatable bonds is 3. The lowest BCUT2D eigenvalue weighted by Gasteiger charge is -2.39. The van der Waals surface area contributed by atoms with Crippen LogP contribution in [0.5, 0.6) is 0 Å². The molecule has 1 aromatic heterocycles. The fourth-order valence-electron chi connectivity index (χ4n) is 3.72. The van der Waals surface area contributed by atoms with Gasteiger partial charge in [-0.15, -0.1) is 0 Å². The summed E-state index contributed by atoms with van der Waals surface area (Å²) in [6, 6.07) is 9.43. The van der Waals surface area contributed by atoms with E-state index in [1.54, 1.807) is 6.07 Å². The monoisotopic (exact) mass is 437 g/mol. The molecule has 160 valence electrons. The van der Waals surface area contributed by atoms with Crippen LogP contribution in [0.4, 0.5) is 10.1 Å². The number of pyridine rings is 1. The number of fused-ring (bicyclic) bond motifs is 1. The van der Waals surface area contributed by atoms with E-state index in [0.717, 1.165) is 18.4 Å². The van der Waals surface area contributed by atoms with Crippen molar-refractivity contribution in [2.45, 2.75) is 38.6 Å². The molecule has 0 fully saturated rings. The van der Waals surface area contributed by atoms with E-state index in [2.05, 4.69) is 21.4 Å². The standard InChI is InChI=1S/C21H18FN5OS.C2H6/c22-17-6-5-15(26-19(28)18-7-4-13(10-23)11-25-18)9-16(17)21-8-2-1-3-14(21)12-29-20(24)27-21;1-2/h3-7,9,11H,1-2,8,12H2,(H2,24,27)(H,26,28);1-2H3. The lowest BCUT2D eigenvalue weighted by atomic mass is 9.75. The molecule has 1 unspecified atom stereocenters. The molecule has 31 heavy (non-hydrogen) atoms. The number of allylic oxidation sites excluding steroid dienone is 1. The molecule has 0 saturated carbocycles. The van der Waals surface area contributed by atoms with Crippen molar-refractivity contribution in [1.29, 1.82) is 5.26 Å². The van der Waals surface area contributed by atoms with Crippen LogP contribution in [0.3, 0.4) is 0 Å². The van der Waals surface area contributed by atoms with Gasteiger partial charge in [-0.3, -0.25) is 4.79 Å². The van der Waals surface area contributed by atoms with Gasteiger partial charge in [-0.25, -0.2) is 14.4 Å². The maximum Gasteiger partial charge on any atom is 0.274 e. The van der Waals surface area contributed by atoms with Crippen molar-refractivity contribution in [3.63, 3.8) is 0 Å². The molecule has 6 nitrogen and oxygen atoms in total. The van der Waals surface area contributed by atoms with Gasteiger partial charge in [-0.05, 0) is 55.2 Å². The van der Waals surface area contributed by atoms with Crippen LogP contribution in [0.2, 0.25) is 0 Å². The van der Waals surface area contributed by atoms with E-state index in [0.29, 0.717) is 34.2 Å². The summed E-state index contributed by atoms with van der Waals surface area (Å²) in [6.07, 6.45) is 5.95. The molecule has 3 N–H and O–H groups in total. The molecule has 1 atom stereocenters. The largest absolute Gasteiger partial charge is 0.378 e. The summed E-state index contributed by atoms with van der Waals surface area (Å²) in [5, 5.41) is 12.0. The van der Waals surface area contributed by atoms with Crippen LogP contribution in [0.25, 0.3) is 0 Å². The van der Waals surface area contributed by atoms with Crippen molar-refractivity contribution in [3.8, 4) is 6.07 Å². The van der Waals surface area contributed by atoms with E-state index >= 15 is 0 Å². The smallest absolute Gasteiger partial charge is 0.274 e. The number of nitrogens with one attached hydrogen (secondary N) is 1. The van der Waals surface area contributed by atoms with Crippen LogP contribution in [0.15, 0.2) is 53.2 Å². The Morgan fingerprint density at radius 2 is 2.13 bits per heavy atom. The summed E-state index contributed by atoms with van der Waals surface area (Å²) in [5.41, 5.74) is 7.63. The minimum absolute atomic E-state index is 0.169. The highest BCUT2D eigenvalue weighted by molar-refractivity contribution is 8.14. The summed E-state index contributed by atoms with van der Waals surface area (Å²) in [4.78, 5) is 21.2. The quantitative estimate of drug-likeness (QED) is 0.675. The second kappa shape index (κ2) is 9.75. The highest BCUT2D eigenvalue weighted by atomic mass is 32.2. The zero-order chi connectivity index (χ0) is 22.4. The van der Waals surface area contributed by atoms with Crippen LogP contribution in [-0.4, -0.2) is 21.8 Å². The molecular formula is C23H24FN5OS. The number of carbonyl (C=O) groups excluding carboxylic acids is 1. The van der Waals surface area contributed by atoms with Gasteiger partial charge < -0.3 is 11.1 Å². The van der Waals surface area contributed by atoms with Crippen LogP contribution < -0.4 is 11.1 Å². The Balaban J connectivity index is 0.00000132. The molecular weight excluding hydrogens is 413 g/mol. The number of hydrogen-bond acceptors (Lipinski definition) is 6. The van der Waals surface area contributed by atoms with E-state index < -0.39 is 11.4 Å². The Kier molecular flexibility index (Phi) is 7.08. The first kappa shape index (κ1) is 22.5. The fourth-order valence-corrected chi connectivity index (χ4v) is 4.60. The number of nitrogens with zero attached hydrogens (tertiary/aromatic N) is 3. The zero-order valence-electron chi connectivity index (χ0n) is 17.5. The van der Waals surface area contributed by atoms with Crippen molar-refractivity contribution in [1.82, 2.24) is 4.98 Å². The minimum Gasteiger partial charge on any atom is -0.378 e. The maximum absolute atomic E-state index is 14.9. The molecule has 2 heterocycles. The van der Waals surface area contributed by atoms with E-state index in [4.69, 9.17) is 11.0 Å². The molecule has 1 amide bonds. The van der Waals surface area contributed by atoms with Crippen molar-refractivity contribution >= 4 is 28.5 Å². The van der Waals surface area contributed by atoms with E-state index in [1.165, 1.54) is 42.2 Å². The van der Waals surface area contributed by atoms with Crippen LogP contribution in [0, 0.1) is 17.1 Å².